The standard InChI is InChI=1S/C56H79N3O14S2/c1-10-43-37(28-68-44-18-17-42(61)54(65-8)55(44)66-9)25-32(2)14-16-41(60)33(3)26-36-22-24-67-29-38(58-70-31-39-15-19-47(74-39)48-21-20-46(75-48)40-13-11-12-23-57-40)30-69-45(27-49(62)72-43)34(4)53(36)73-56-52(64)50(59(6)7)51(63)35(5)71-56/h11-16,19-21,23,25,33-37,42-45,50-56,61,63-64H,10,17-18,22,24,26-31H2,1-9H3/b16-14+,32-25+,58-38+/t33-,34+,35-,36?,37-,42-,43-,44-,45-,50+,51-,52-,53-,54-,55+,56+/m1/s1. The van der Waals surface area contributed by atoms with Gasteiger partial charge in [-0.25, -0.2) is 0 Å². The molecule has 3 aromatic rings. The number of aliphatic hydroxyl groups is 3. The van der Waals surface area contributed by atoms with Crippen LogP contribution in [-0.2, 0) is 58.9 Å². The quantitative estimate of drug-likeness (QED) is 0.107. The highest BCUT2D eigenvalue weighted by molar-refractivity contribution is 7.23. The number of likely N-dealkylation sites (N-methyl/N-ethyl adjacent to an activating group) is 1. The number of hydrogen-bond acceptors (Lipinski definition) is 19. The molecule has 6 heterocycles. The maximum atomic E-state index is 14.6. The molecule has 75 heavy (non-hydrogen) atoms. The molecular weight excluding hydrogens is 1000 g/mol. The fourth-order valence-electron chi connectivity index (χ4n) is 10.7. The number of oxime groups is 1. The number of carbonyl (C=O) groups is 2. The molecule has 7 rings (SSSR count). The van der Waals surface area contributed by atoms with E-state index >= 15 is 0 Å². The molecule has 1 aliphatic carbocycles. The van der Waals surface area contributed by atoms with Crippen molar-refractivity contribution in [2.24, 2.45) is 28.8 Å². The number of fused-ring (bicyclic) bond motifs is 3. The monoisotopic (exact) mass is 1080 g/mol. The lowest BCUT2D eigenvalue weighted by Gasteiger charge is -2.47. The minimum absolute atomic E-state index is 0.0517. The van der Waals surface area contributed by atoms with Crippen molar-refractivity contribution in [2.75, 3.05) is 54.7 Å². The molecule has 2 saturated heterocycles. The highest BCUT2D eigenvalue weighted by atomic mass is 32.1. The van der Waals surface area contributed by atoms with Crippen LogP contribution in [0.2, 0.25) is 0 Å². The number of pyridine rings is 1. The summed E-state index contributed by atoms with van der Waals surface area (Å²) in [6.45, 7) is 10.1. The molecule has 0 spiro atoms. The van der Waals surface area contributed by atoms with E-state index in [9.17, 15) is 24.9 Å². The first kappa shape index (κ1) is 58.9. The zero-order valence-corrected chi connectivity index (χ0v) is 46.5. The van der Waals surface area contributed by atoms with Crippen LogP contribution in [0.3, 0.4) is 0 Å². The third-order valence-corrected chi connectivity index (χ3v) is 17.3. The van der Waals surface area contributed by atoms with Crippen molar-refractivity contribution in [3.05, 3.63) is 77.3 Å². The Labute approximate surface area is 450 Å². The van der Waals surface area contributed by atoms with Gasteiger partial charge in [-0.15, -0.1) is 22.7 Å². The van der Waals surface area contributed by atoms with Crippen LogP contribution >= 0.6 is 22.7 Å². The van der Waals surface area contributed by atoms with E-state index in [0.717, 1.165) is 30.8 Å². The third-order valence-electron chi connectivity index (χ3n) is 15.0. The van der Waals surface area contributed by atoms with Crippen LogP contribution < -0.4 is 0 Å². The van der Waals surface area contributed by atoms with Crippen LogP contribution in [-0.4, -0.2) is 171 Å². The van der Waals surface area contributed by atoms with Crippen LogP contribution in [0.1, 0.15) is 78.0 Å². The SMILES string of the molecule is CC[C@H]1OC(=O)C[C@H]2OC/C(=N/OCc3ccc(-c4ccc(-c5ccccn5)s4)s3)COCCC(C[C@@H](C)C(=O)/C=C/C(C)=C/[C@@H]1CO[C@@H]1CC[C@@H](O)[C@@H](OC)[C@H]1OC)[C@H](O[C@@H]1O[C@H](C)[C@@H](O)[C@H](N(C)C)[C@H]1O)[C@H]2C. The first-order valence-electron chi connectivity index (χ1n) is 26.3. The minimum atomic E-state index is -1.25. The van der Waals surface area contributed by atoms with Gasteiger partial charge in [-0.05, 0) is 108 Å². The molecule has 16 atom stereocenters. The molecule has 2 bridgehead atoms. The van der Waals surface area contributed by atoms with E-state index in [1.165, 1.54) is 0 Å². The zero-order valence-electron chi connectivity index (χ0n) is 44.9. The van der Waals surface area contributed by atoms with E-state index in [0.29, 0.717) is 37.8 Å². The van der Waals surface area contributed by atoms with E-state index in [4.69, 9.17) is 42.7 Å². The van der Waals surface area contributed by atoms with Crippen molar-refractivity contribution in [1.82, 2.24) is 9.88 Å². The average Bonchev–Trinajstić information content (AvgIpc) is 4.09. The molecule has 0 radical (unpaired) electrons. The van der Waals surface area contributed by atoms with Crippen molar-refractivity contribution in [1.29, 1.82) is 0 Å². The normalized spacial score (nSPS) is 35.6. The summed E-state index contributed by atoms with van der Waals surface area (Å²) in [6, 6.07) is 13.5. The summed E-state index contributed by atoms with van der Waals surface area (Å²) in [4.78, 5) is 45.2. The number of aromatic nitrogens is 1. The third kappa shape index (κ3) is 15.5. The Hall–Kier alpha value is -3.80. The van der Waals surface area contributed by atoms with Gasteiger partial charge in [0.2, 0.25) is 0 Å². The summed E-state index contributed by atoms with van der Waals surface area (Å²) in [5, 5.41) is 38.2. The van der Waals surface area contributed by atoms with Crippen molar-refractivity contribution < 1.29 is 67.6 Å². The molecule has 4 aliphatic rings. The molecule has 3 aromatic heterocycles. The molecule has 3 aliphatic heterocycles. The number of allylic oxidation sites excluding steroid dienone is 3. The second-order valence-electron chi connectivity index (χ2n) is 20.6. The molecule has 414 valence electrons. The lowest BCUT2D eigenvalue weighted by molar-refractivity contribution is -0.305. The van der Waals surface area contributed by atoms with Crippen molar-refractivity contribution in [3.63, 3.8) is 0 Å². The van der Waals surface area contributed by atoms with E-state index in [1.54, 1.807) is 81.2 Å². The molecule has 3 N–H and O–H groups in total. The number of aliphatic hydroxyl groups excluding tert-OH is 3. The number of rotatable bonds is 14. The number of cyclic esters (lactones) is 1. The summed E-state index contributed by atoms with van der Waals surface area (Å²) < 4.78 is 50.7. The highest BCUT2D eigenvalue weighted by Crippen LogP contribution is 2.39. The van der Waals surface area contributed by atoms with Gasteiger partial charge in [-0.1, -0.05) is 49.7 Å². The van der Waals surface area contributed by atoms with Crippen LogP contribution in [0.5, 0.6) is 0 Å². The summed E-state index contributed by atoms with van der Waals surface area (Å²) >= 11 is 3.30. The van der Waals surface area contributed by atoms with E-state index < -0.39 is 97.1 Å². The number of methoxy groups -OCH3 is 2. The van der Waals surface area contributed by atoms with Crippen LogP contribution in [0.25, 0.3) is 20.3 Å². The molecule has 0 aromatic carbocycles. The second kappa shape index (κ2) is 28.2. The topological polar surface area (TPSA) is 206 Å². The smallest absolute Gasteiger partial charge is 0.308 e. The van der Waals surface area contributed by atoms with Crippen LogP contribution in [0.4, 0.5) is 0 Å². The molecule has 19 heteroatoms. The first-order valence-corrected chi connectivity index (χ1v) is 28.0. The van der Waals surface area contributed by atoms with Crippen molar-refractivity contribution in [3.8, 4) is 20.3 Å². The van der Waals surface area contributed by atoms with Gasteiger partial charge in [0.05, 0.1) is 79.5 Å². The van der Waals surface area contributed by atoms with Gasteiger partial charge in [0.25, 0.3) is 0 Å². The number of nitrogens with zero attached hydrogens (tertiary/aromatic N) is 3. The molecule has 0 amide bonds. The summed E-state index contributed by atoms with van der Waals surface area (Å²) in [5.74, 6) is -2.42. The Morgan fingerprint density at radius 2 is 1.64 bits per heavy atom. The lowest BCUT2D eigenvalue weighted by Crippen LogP contribution is -2.63. The molecular formula is C56H79N3O14S2. The Bertz CT molecular complexity index is 2360. The molecule has 1 unspecified atom stereocenters. The first-order chi connectivity index (χ1) is 36.1. The Kier molecular flexibility index (Phi) is 22.1. The van der Waals surface area contributed by atoms with Crippen molar-refractivity contribution in [2.45, 2.75) is 153 Å². The maximum absolute atomic E-state index is 14.6. The zero-order chi connectivity index (χ0) is 53.8. The van der Waals surface area contributed by atoms with Gasteiger partial charge >= 0.3 is 5.97 Å². The molecule has 1 saturated carbocycles. The average molecular weight is 1080 g/mol. The van der Waals surface area contributed by atoms with E-state index in [-0.39, 0.29) is 51.2 Å². The Morgan fingerprint density at radius 1 is 0.880 bits per heavy atom. The minimum Gasteiger partial charge on any atom is -0.462 e. The fourth-order valence-corrected chi connectivity index (χ4v) is 12.7. The second-order valence-corrected chi connectivity index (χ2v) is 22.9. The van der Waals surface area contributed by atoms with Gasteiger partial charge in [0.1, 0.15) is 30.1 Å². The van der Waals surface area contributed by atoms with Gasteiger partial charge < -0.3 is 63.0 Å². The van der Waals surface area contributed by atoms with Gasteiger partial charge in [0, 0.05) is 59.4 Å². The fraction of sp³-hybridized carbons (Fsp3) is 0.643. The number of carbonyl (C=O) groups excluding carboxylic acids is 2. The predicted molar refractivity (Wildman–Crippen MR) is 286 cm³/mol. The Balaban J connectivity index is 1.17. The van der Waals surface area contributed by atoms with Crippen LogP contribution in [0, 0.1) is 23.7 Å². The summed E-state index contributed by atoms with van der Waals surface area (Å²) in [5.41, 5.74) is 2.19. The van der Waals surface area contributed by atoms with E-state index in [1.807, 2.05) is 58.0 Å². The number of esters is 1. The van der Waals surface area contributed by atoms with Gasteiger partial charge in [-0.2, -0.15) is 0 Å². The Morgan fingerprint density at radius 3 is 2.37 bits per heavy atom. The summed E-state index contributed by atoms with van der Waals surface area (Å²) in [7, 11) is 6.67. The number of hydrogen-bond donors (Lipinski definition) is 3. The largest absolute Gasteiger partial charge is 0.462 e. The number of thiophene rings is 2. The van der Waals surface area contributed by atoms with Crippen molar-refractivity contribution >= 4 is 40.1 Å². The number of ketones is 1. The number of ether oxygens (including phenoxy) is 8. The highest BCUT2D eigenvalue weighted by Gasteiger charge is 2.48. The molecule has 17 nitrogen and oxygen atoms in total. The van der Waals surface area contributed by atoms with Crippen LogP contribution in [0.15, 0.2) is 77.6 Å². The lowest BCUT2D eigenvalue weighted by atomic mass is 9.79. The molecule has 3 fully saturated rings. The maximum Gasteiger partial charge on any atom is 0.308 e. The predicted octanol–water partition coefficient (Wildman–Crippen LogP) is 7.26. The van der Waals surface area contributed by atoms with E-state index in [2.05, 4.69) is 28.3 Å². The summed E-state index contributed by atoms with van der Waals surface area (Å²) in [6.07, 6.45) is 0.696. The van der Waals surface area contributed by atoms with Gasteiger partial charge in [0.15, 0.2) is 18.7 Å². The van der Waals surface area contributed by atoms with Gasteiger partial charge in [-0.3, -0.25) is 14.6 Å².